The van der Waals surface area contributed by atoms with Crippen LogP contribution in [0.25, 0.3) is 0 Å². The van der Waals surface area contributed by atoms with E-state index < -0.39 is 11.9 Å². The van der Waals surface area contributed by atoms with Gasteiger partial charge in [-0.2, -0.15) is 5.26 Å². The van der Waals surface area contributed by atoms with Crippen molar-refractivity contribution in [3.05, 3.63) is 70.9 Å². The predicted octanol–water partition coefficient (Wildman–Crippen LogP) is 3.94. The highest BCUT2D eigenvalue weighted by molar-refractivity contribution is 6.06. The summed E-state index contributed by atoms with van der Waals surface area (Å²) in [6, 6.07) is 14.0. The maximum absolute atomic E-state index is 12.3. The fourth-order valence-electron chi connectivity index (χ4n) is 2.46. The molecule has 0 aliphatic carbocycles. The lowest BCUT2D eigenvalue weighted by molar-refractivity contribution is -0.112. The predicted molar refractivity (Wildman–Crippen MR) is 104 cm³/mol. The summed E-state index contributed by atoms with van der Waals surface area (Å²) in [5.74, 6) is -0.969. The molecule has 27 heavy (non-hydrogen) atoms. The first kappa shape index (κ1) is 19.7. The van der Waals surface area contributed by atoms with Gasteiger partial charge < -0.3 is 15.4 Å². The van der Waals surface area contributed by atoms with Gasteiger partial charge >= 0.3 is 5.97 Å². The first-order valence-electron chi connectivity index (χ1n) is 8.46. The molecule has 0 radical (unpaired) electrons. The monoisotopic (exact) mass is 363 g/mol. The van der Waals surface area contributed by atoms with Crippen LogP contribution >= 0.6 is 0 Å². The smallest absolute Gasteiger partial charge is 0.338 e. The molecule has 0 unspecified atom stereocenters. The van der Waals surface area contributed by atoms with Crippen molar-refractivity contribution in [1.82, 2.24) is 0 Å². The largest absolute Gasteiger partial charge is 0.462 e. The van der Waals surface area contributed by atoms with Gasteiger partial charge in [0, 0.05) is 17.6 Å². The zero-order valence-electron chi connectivity index (χ0n) is 15.5. The van der Waals surface area contributed by atoms with E-state index in [1.54, 1.807) is 31.2 Å². The van der Waals surface area contributed by atoms with Crippen molar-refractivity contribution in [3.63, 3.8) is 0 Å². The topological polar surface area (TPSA) is 91.2 Å². The van der Waals surface area contributed by atoms with Crippen molar-refractivity contribution >= 4 is 23.3 Å². The van der Waals surface area contributed by atoms with Gasteiger partial charge in [-0.1, -0.05) is 6.07 Å². The van der Waals surface area contributed by atoms with Crippen molar-refractivity contribution < 1.29 is 14.3 Å². The molecule has 2 aromatic carbocycles. The number of carbonyl (C=O) groups is 2. The number of aryl methyl sites for hydroxylation is 2. The third kappa shape index (κ3) is 5.72. The number of nitrogens with zero attached hydrogens (tertiary/aromatic N) is 1. The first-order chi connectivity index (χ1) is 12.9. The normalized spacial score (nSPS) is 10.7. The van der Waals surface area contributed by atoms with Crippen LogP contribution in [0.3, 0.4) is 0 Å². The third-order valence-electron chi connectivity index (χ3n) is 3.62. The van der Waals surface area contributed by atoms with Crippen LogP contribution in [0.5, 0.6) is 0 Å². The number of nitriles is 1. The molecule has 6 nitrogen and oxygen atoms in total. The van der Waals surface area contributed by atoms with E-state index in [1.807, 2.05) is 38.1 Å². The Hall–Kier alpha value is -3.59. The lowest BCUT2D eigenvalue weighted by Crippen LogP contribution is -2.14. The fraction of sp³-hybridized carbons (Fsp3) is 0.190. The number of anilines is 2. The molecule has 1 amide bonds. The standard InChI is InChI=1S/C21H21N3O3/c1-4-27-21(26)16-5-7-18(8-6-16)24-20(25)17(12-22)13-23-19-10-14(2)9-15(3)11-19/h5-11,13,23H,4H2,1-3H3,(H,24,25)/b17-13-. The minimum atomic E-state index is -0.543. The molecule has 0 atom stereocenters. The Morgan fingerprint density at radius 2 is 1.70 bits per heavy atom. The summed E-state index contributed by atoms with van der Waals surface area (Å²) < 4.78 is 4.91. The maximum atomic E-state index is 12.3. The first-order valence-corrected chi connectivity index (χ1v) is 8.46. The molecule has 0 aliphatic heterocycles. The van der Waals surface area contributed by atoms with Gasteiger partial charge in [0.2, 0.25) is 0 Å². The van der Waals surface area contributed by atoms with Crippen molar-refractivity contribution in [1.29, 1.82) is 5.26 Å². The molecule has 0 spiro atoms. The van der Waals surface area contributed by atoms with Gasteiger partial charge in [0.25, 0.3) is 5.91 Å². The Morgan fingerprint density at radius 3 is 2.26 bits per heavy atom. The summed E-state index contributed by atoms with van der Waals surface area (Å²) in [7, 11) is 0. The number of esters is 1. The molecule has 0 saturated heterocycles. The van der Waals surface area contributed by atoms with Crippen LogP contribution in [0.1, 0.15) is 28.4 Å². The SMILES string of the molecule is CCOC(=O)c1ccc(NC(=O)/C(C#N)=C\Nc2cc(C)cc(C)c2)cc1. The molecule has 0 aliphatic rings. The summed E-state index contributed by atoms with van der Waals surface area (Å²) in [4.78, 5) is 23.9. The van der Waals surface area contributed by atoms with E-state index in [-0.39, 0.29) is 5.57 Å². The molecular formula is C21H21N3O3. The number of ether oxygens (including phenoxy) is 1. The van der Waals surface area contributed by atoms with E-state index in [0.29, 0.717) is 17.9 Å². The van der Waals surface area contributed by atoms with Gasteiger partial charge in [0.1, 0.15) is 11.6 Å². The van der Waals surface area contributed by atoms with Gasteiger partial charge in [-0.3, -0.25) is 4.79 Å². The highest BCUT2D eigenvalue weighted by Crippen LogP contribution is 2.15. The molecule has 0 heterocycles. The number of rotatable bonds is 6. The minimum absolute atomic E-state index is 0.0661. The minimum Gasteiger partial charge on any atom is -0.462 e. The lowest BCUT2D eigenvalue weighted by Gasteiger charge is -2.07. The van der Waals surface area contributed by atoms with Crippen molar-refractivity contribution in [3.8, 4) is 6.07 Å². The Kier molecular flexibility index (Phi) is 6.73. The zero-order chi connectivity index (χ0) is 19.8. The number of hydrogen-bond acceptors (Lipinski definition) is 5. The number of benzene rings is 2. The molecule has 2 aromatic rings. The molecule has 0 bridgehead atoms. The van der Waals surface area contributed by atoms with Crippen molar-refractivity contribution in [2.45, 2.75) is 20.8 Å². The van der Waals surface area contributed by atoms with Gasteiger partial charge in [0.05, 0.1) is 12.2 Å². The van der Waals surface area contributed by atoms with Crippen LogP contribution < -0.4 is 10.6 Å². The summed E-state index contributed by atoms with van der Waals surface area (Å²) in [6.45, 7) is 5.97. The molecular weight excluding hydrogens is 342 g/mol. The van der Waals surface area contributed by atoms with E-state index in [1.165, 1.54) is 6.20 Å². The van der Waals surface area contributed by atoms with E-state index >= 15 is 0 Å². The van der Waals surface area contributed by atoms with E-state index in [0.717, 1.165) is 16.8 Å². The molecule has 2 rings (SSSR count). The Labute approximate surface area is 158 Å². The Morgan fingerprint density at radius 1 is 1.07 bits per heavy atom. The zero-order valence-corrected chi connectivity index (χ0v) is 15.5. The molecule has 0 saturated carbocycles. The summed E-state index contributed by atoms with van der Waals surface area (Å²) in [6.07, 6.45) is 1.37. The maximum Gasteiger partial charge on any atom is 0.338 e. The number of amides is 1. The summed E-state index contributed by atoms with van der Waals surface area (Å²) in [5, 5.41) is 14.9. The quantitative estimate of drug-likeness (QED) is 0.461. The van der Waals surface area contributed by atoms with E-state index in [4.69, 9.17) is 4.74 Å². The highest BCUT2D eigenvalue weighted by atomic mass is 16.5. The van der Waals surface area contributed by atoms with Crippen LogP contribution in [0.15, 0.2) is 54.2 Å². The summed E-state index contributed by atoms with van der Waals surface area (Å²) >= 11 is 0. The van der Waals surface area contributed by atoms with Gasteiger partial charge in [-0.25, -0.2) is 4.79 Å². The van der Waals surface area contributed by atoms with E-state index in [9.17, 15) is 14.9 Å². The second-order valence-corrected chi connectivity index (χ2v) is 5.94. The average Bonchev–Trinajstić information content (AvgIpc) is 2.62. The fourth-order valence-corrected chi connectivity index (χ4v) is 2.46. The molecule has 138 valence electrons. The second kappa shape index (κ2) is 9.20. The summed E-state index contributed by atoms with van der Waals surface area (Å²) in [5.41, 5.74) is 3.75. The Balaban J connectivity index is 2.06. The van der Waals surface area contributed by atoms with Gasteiger partial charge in [-0.05, 0) is 68.3 Å². The van der Waals surface area contributed by atoms with Crippen LogP contribution in [-0.4, -0.2) is 18.5 Å². The van der Waals surface area contributed by atoms with Gasteiger partial charge in [-0.15, -0.1) is 0 Å². The average molecular weight is 363 g/mol. The lowest BCUT2D eigenvalue weighted by atomic mass is 10.1. The highest BCUT2D eigenvalue weighted by Gasteiger charge is 2.11. The second-order valence-electron chi connectivity index (χ2n) is 5.94. The van der Waals surface area contributed by atoms with Crippen molar-refractivity contribution in [2.75, 3.05) is 17.2 Å². The van der Waals surface area contributed by atoms with Gasteiger partial charge in [0.15, 0.2) is 0 Å². The van der Waals surface area contributed by atoms with Crippen LogP contribution in [0.4, 0.5) is 11.4 Å². The van der Waals surface area contributed by atoms with Crippen LogP contribution in [0.2, 0.25) is 0 Å². The molecule has 0 aromatic heterocycles. The number of nitrogens with one attached hydrogen (secondary N) is 2. The van der Waals surface area contributed by atoms with Crippen LogP contribution in [-0.2, 0) is 9.53 Å². The molecule has 0 fully saturated rings. The molecule has 2 N–H and O–H groups in total. The molecule has 6 heteroatoms. The van der Waals surface area contributed by atoms with Crippen molar-refractivity contribution in [2.24, 2.45) is 0 Å². The number of hydrogen-bond donors (Lipinski definition) is 2. The van der Waals surface area contributed by atoms with Crippen LogP contribution in [0, 0.1) is 25.2 Å². The van der Waals surface area contributed by atoms with E-state index in [2.05, 4.69) is 10.6 Å². The number of carbonyl (C=O) groups excluding carboxylic acids is 2. The third-order valence-corrected chi connectivity index (χ3v) is 3.62. The Bertz CT molecular complexity index is 889.